The van der Waals surface area contributed by atoms with Crippen LogP contribution < -0.4 is 5.32 Å². The first-order valence-electron chi connectivity index (χ1n) is 16.7. The van der Waals surface area contributed by atoms with Gasteiger partial charge in [0.25, 0.3) is 0 Å². The lowest BCUT2D eigenvalue weighted by Gasteiger charge is -2.36. The van der Waals surface area contributed by atoms with Gasteiger partial charge in [0.1, 0.15) is 6.61 Å². The molecule has 0 radical (unpaired) electrons. The zero-order valence-corrected chi connectivity index (χ0v) is 28.5. The average Bonchev–Trinajstić information content (AvgIpc) is 3.12. The third-order valence-corrected chi connectivity index (χ3v) is 9.89. The maximum absolute atomic E-state index is 13.8. The van der Waals surface area contributed by atoms with Crippen molar-refractivity contribution in [2.24, 2.45) is 11.8 Å². The number of esters is 1. The van der Waals surface area contributed by atoms with Crippen LogP contribution in [-0.2, 0) is 44.3 Å². The molecular formula is C40H48N2O5S. The zero-order chi connectivity index (χ0) is 34.1. The molecule has 0 fully saturated rings. The summed E-state index contributed by atoms with van der Waals surface area (Å²) < 4.78 is 5.89. The number of thioether (sulfide) groups is 1. The van der Waals surface area contributed by atoms with E-state index in [4.69, 9.17) is 4.74 Å². The molecule has 4 rings (SSSR count). The van der Waals surface area contributed by atoms with Crippen LogP contribution >= 0.6 is 11.8 Å². The second kappa shape index (κ2) is 19.6. The number of hydrogen-bond acceptors (Lipinski definition) is 6. The fourth-order valence-electron chi connectivity index (χ4n) is 6.02. The lowest BCUT2D eigenvalue weighted by atomic mass is 9.92. The van der Waals surface area contributed by atoms with Crippen LogP contribution in [0.25, 0.3) is 0 Å². The van der Waals surface area contributed by atoms with Gasteiger partial charge in [0.2, 0.25) is 11.8 Å². The van der Waals surface area contributed by atoms with E-state index in [9.17, 15) is 19.5 Å². The Morgan fingerprint density at radius 3 is 2.25 bits per heavy atom. The molecule has 48 heavy (non-hydrogen) atoms. The third kappa shape index (κ3) is 11.2. The van der Waals surface area contributed by atoms with Gasteiger partial charge in [-0.3, -0.25) is 14.4 Å². The molecule has 4 atom stereocenters. The predicted molar refractivity (Wildman–Crippen MR) is 193 cm³/mol. The molecule has 0 saturated heterocycles. The summed E-state index contributed by atoms with van der Waals surface area (Å²) in [5.74, 6) is -0.487. The summed E-state index contributed by atoms with van der Waals surface area (Å²) >= 11 is 1.65. The molecule has 1 aliphatic heterocycles. The van der Waals surface area contributed by atoms with Crippen molar-refractivity contribution < 1.29 is 24.2 Å². The number of fused-ring (bicyclic) bond motifs is 1. The van der Waals surface area contributed by atoms with Crippen LogP contribution in [-0.4, -0.2) is 58.8 Å². The summed E-state index contributed by atoms with van der Waals surface area (Å²) in [6.45, 7) is 7.92. The van der Waals surface area contributed by atoms with Gasteiger partial charge in [-0.1, -0.05) is 97.1 Å². The Labute approximate surface area is 289 Å². The lowest BCUT2D eigenvalue weighted by molar-refractivity contribution is -0.150. The van der Waals surface area contributed by atoms with Crippen LogP contribution in [0, 0.1) is 11.8 Å². The zero-order valence-electron chi connectivity index (χ0n) is 27.7. The van der Waals surface area contributed by atoms with E-state index in [0.29, 0.717) is 44.4 Å². The summed E-state index contributed by atoms with van der Waals surface area (Å²) in [5.41, 5.74) is 4.40. The number of rotatable bonds is 19. The van der Waals surface area contributed by atoms with Gasteiger partial charge in [0, 0.05) is 24.5 Å². The summed E-state index contributed by atoms with van der Waals surface area (Å²) in [7, 11) is 0. The number of nitrogens with zero attached hydrogens (tertiary/aromatic N) is 1. The molecule has 1 heterocycles. The molecule has 0 spiro atoms. The maximum atomic E-state index is 13.8. The minimum Gasteiger partial charge on any atom is -0.463 e. The van der Waals surface area contributed by atoms with Crippen molar-refractivity contribution in [3.8, 4) is 0 Å². The monoisotopic (exact) mass is 668 g/mol. The standard InChI is InChI=1S/C40H48N2O5S/c1-3-5-19-34(22-30-15-8-6-9-16-30)40(46)47-27-36(29-48-28-31-17-10-7-11-18-31)41-39(45)33(14-4-2)24-38(44)42-25-35-21-13-12-20-32(35)23-37(42)26-43/h3-4,6-13,15-18,20-21,33-34,36-37,43H,1-2,5,14,19,22-29H2,(H,41,45). The molecule has 0 aliphatic carbocycles. The lowest BCUT2D eigenvalue weighted by Crippen LogP contribution is -2.48. The topological polar surface area (TPSA) is 95.9 Å². The van der Waals surface area contributed by atoms with Crippen LogP contribution in [0.1, 0.15) is 47.9 Å². The summed E-state index contributed by atoms with van der Waals surface area (Å²) in [6, 6.07) is 27.1. The highest BCUT2D eigenvalue weighted by atomic mass is 32.2. The minimum absolute atomic E-state index is 0.0130. The number of carbonyl (C=O) groups excluding carboxylic acids is 3. The van der Waals surface area contributed by atoms with Gasteiger partial charge in [-0.2, -0.15) is 11.8 Å². The SMILES string of the molecule is C=CCCC(Cc1ccccc1)C(=O)OCC(CSCc1ccccc1)NC(=O)C(CC=C)CC(=O)N1Cc2ccccc2CC1CO. The van der Waals surface area contributed by atoms with Gasteiger partial charge in [-0.15, -0.1) is 13.2 Å². The van der Waals surface area contributed by atoms with Crippen molar-refractivity contribution in [1.82, 2.24) is 10.2 Å². The fourth-order valence-corrected chi connectivity index (χ4v) is 7.03. The number of benzene rings is 3. The van der Waals surface area contributed by atoms with Gasteiger partial charge in [-0.05, 0) is 54.4 Å². The number of amides is 2. The molecule has 2 amide bonds. The highest BCUT2D eigenvalue weighted by Crippen LogP contribution is 2.26. The number of allylic oxidation sites excluding steroid dienone is 2. The van der Waals surface area contributed by atoms with E-state index in [1.807, 2.05) is 72.8 Å². The smallest absolute Gasteiger partial charge is 0.309 e. The quantitative estimate of drug-likeness (QED) is 0.115. The highest BCUT2D eigenvalue weighted by molar-refractivity contribution is 7.98. The van der Waals surface area contributed by atoms with Crippen molar-refractivity contribution in [2.75, 3.05) is 19.0 Å². The van der Waals surface area contributed by atoms with Crippen molar-refractivity contribution in [2.45, 2.75) is 62.9 Å². The molecule has 0 aromatic heterocycles. The first-order chi connectivity index (χ1) is 23.4. The molecule has 0 saturated carbocycles. The molecule has 3 aromatic carbocycles. The molecule has 0 bridgehead atoms. The molecule has 8 heteroatoms. The summed E-state index contributed by atoms with van der Waals surface area (Å²) in [4.78, 5) is 42.5. The summed E-state index contributed by atoms with van der Waals surface area (Å²) in [5, 5.41) is 13.2. The molecule has 4 unspecified atom stereocenters. The number of hydrogen-bond donors (Lipinski definition) is 2. The Morgan fingerprint density at radius 1 is 0.917 bits per heavy atom. The van der Waals surface area contributed by atoms with Gasteiger partial charge in [0.15, 0.2) is 0 Å². The van der Waals surface area contributed by atoms with E-state index in [1.54, 1.807) is 28.8 Å². The Kier molecular flexibility index (Phi) is 15.0. The largest absolute Gasteiger partial charge is 0.463 e. The molecular weight excluding hydrogens is 621 g/mol. The number of carbonyl (C=O) groups is 3. The molecule has 1 aliphatic rings. The third-order valence-electron chi connectivity index (χ3n) is 8.71. The molecule has 2 N–H and O–H groups in total. The number of aliphatic hydroxyl groups is 1. The first kappa shape index (κ1) is 36.7. The van der Waals surface area contributed by atoms with Gasteiger partial charge in [-0.25, -0.2) is 0 Å². The highest BCUT2D eigenvalue weighted by Gasteiger charge is 2.32. The Morgan fingerprint density at radius 2 is 1.58 bits per heavy atom. The van der Waals surface area contributed by atoms with Crippen LogP contribution in [0.3, 0.4) is 0 Å². The van der Waals surface area contributed by atoms with E-state index < -0.39 is 12.0 Å². The second-order valence-electron chi connectivity index (χ2n) is 12.3. The maximum Gasteiger partial charge on any atom is 0.309 e. The Balaban J connectivity index is 1.43. The van der Waals surface area contributed by atoms with Gasteiger partial charge < -0.3 is 20.1 Å². The van der Waals surface area contributed by atoms with Crippen LogP contribution in [0.5, 0.6) is 0 Å². The fraction of sp³-hybridized carbons (Fsp3) is 0.375. The van der Waals surface area contributed by atoms with E-state index in [1.165, 1.54) is 0 Å². The van der Waals surface area contributed by atoms with E-state index in [2.05, 4.69) is 30.6 Å². The van der Waals surface area contributed by atoms with E-state index in [-0.39, 0.29) is 49.4 Å². The minimum atomic E-state index is -0.651. The molecule has 254 valence electrons. The van der Waals surface area contributed by atoms with Gasteiger partial charge >= 0.3 is 5.97 Å². The predicted octanol–water partition coefficient (Wildman–Crippen LogP) is 6.30. The van der Waals surface area contributed by atoms with Crippen LogP contribution in [0.2, 0.25) is 0 Å². The number of aliphatic hydroxyl groups excluding tert-OH is 1. The molecule has 3 aromatic rings. The normalized spacial score (nSPS) is 15.8. The number of nitrogens with one attached hydrogen (secondary N) is 1. The first-order valence-corrected chi connectivity index (χ1v) is 17.9. The van der Waals surface area contributed by atoms with Crippen LogP contribution in [0.15, 0.2) is 110 Å². The second-order valence-corrected chi connectivity index (χ2v) is 13.4. The molecule has 7 nitrogen and oxygen atoms in total. The average molecular weight is 669 g/mol. The van der Waals surface area contributed by atoms with Crippen molar-refractivity contribution >= 4 is 29.5 Å². The van der Waals surface area contributed by atoms with Crippen molar-refractivity contribution in [3.63, 3.8) is 0 Å². The van der Waals surface area contributed by atoms with Gasteiger partial charge in [0.05, 0.1) is 30.5 Å². The van der Waals surface area contributed by atoms with E-state index in [0.717, 1.165) is 28.0 Å². The Bertz CT molecular complexity index is 1480. The Hall–Kier alpha value is -4.14. The summed E-state index contributed by atoms with van der Waals surface area (Å²) in [6.07, 6.45) is 6.21. The van der Waals surface area contributed by atoms with Crippen molar-refractivity contribution in [3.05, 3.63) is 132 Å². The van der Waals surface area contributed by atoms with Crippen molar-refractivity contribution in [1.29, 1.82) is 0 Å². The van der Waals surface area contributed by atoms with Crippen LogP contribution in [0.4, 0.5) is 0 Å². The number of ether oxygens (including phenoxy) is 1. The van der Waals surface area contributed by atoms with E-state index >= 15 is 0 Å².